The predicted molar refractivity (Wildman–Crippen MR) is 222 cm³/mol. The number of aryl methyl sites for hydroxylation is 4. The minimum absolute atomic E-state index is 0. The normalized spacial score (nSPS) is 15.9. The molecule has 0 aromatic heterocycles. The van der Waals surface area contributed by atoms with Crippen LogP contribution < -0.4 is 0 Å². The summed E-state index contributed by atoms with van der Waals surface area (Å²) in [6, 6.07) is 17.7. The topological polar surface area (TPSA) is 47.1 Å². The molecule has 0 radical (unpaired) electrons. The van der Waals surface area contributed by atoms with Crippen LogP contribution in [0.2, 0.25) is 0 Å². The molecular formula is C44H56Cl2N4O2. The number of carbonyl (C=O) groups excluding carboxylic acids is 2. The first-order chi connectivity index (χ1) is 24.0. The van der Waals surface area contributed by atoms with Crippen LogP contribution in [0.15, 0.2) is 85.0 Å². The standard InChI is InChI=1S/C44H54N4O2.2ClH/c1-33-27-41(28-34(2)37(33)5)11-7-9-13-43(49)47-23-19-45(20-24-47)31-39-15-17-40(18-16-39)32-46-21-25-48(26-22-46)44(50)14-10-8-12-42-29-35(3)38(6)36(4)30-42;;/h7-18,27-30H,19-26,31-32H2,1-6H3;2*1H/b11-7+,12-8+,13-9+,14-10+;;. The van der Waals surface area contributed by atoms with Crippen LogP contribution in [0.4, 0.5) is 0 Å². The molecule has 52 heavy (non-hydrogen) atoms. The van der Waals surface area contributed by atoms with Crippen LogP contribution in [0, 0.1) is 41.5 Å². The van der Waals surface area contributed by atoms with E-state index in [0.717, 1.165) is 76.6 Å². The lowest BCUT2D eigenvalue weighted by Crippen LogP contribution is -2.48. The summed E-state index contributed by atoms with van der Waals surface area (Å²) in [6.07, 6.45) is 15.1. The molecular weight excluding hydrogens is 687 g/mol. The zero-order valence-corrected chi connectivity index (χ0v) is 33.4. The first-order valence-corrected chi connectivity index (χ1v) is 18.0. The zero-order valence-electron chi connectivity index (χ0n) is 31.7. The van der Waals surface area contributed by atoms with Crippen LogP contribution in [0.3, 0.4) is 0 Å². The number of piperazine rings is 2. The molecule has 5 rings (SSSR count). The number of nitrogens with zero attached hydrogens (tertiary/aromatic N) is 4. The smallest absolute Gasteiger partial charge is 0.246 e. The molecule has 6 nitrogen and oxygen atoms in total. The van der Waals surface area contributed by atoms with Gasteiger partial charge in [-0.15, -0.1) is 24.8 Å². The molecule has 2 fully saturated rings. The molecule has 278 valence electrons. The molecule has 0 N–H and O–H groups in total. The molecule has 0 atom stereocenters. The second-order valence-electron chi connectivity index (χ2n) is 14.0. The van der Waals surface area contributed by atoms with Gasteiger partial charge in [-0.1, -0.05) is 85.0 Å². The lowest BCUT2D eigenvalue weighted by atomic mass is 10.0. The quantitative estimate of drug-likeness (QED) is 0.155. The maximum absolute atomic E-state index is 12.8. The van der Waals surface area contributed by atoms with Crippen molar-refractivity contribution in [1.82, 2.24) is 19.6 Å². The van der Waals surface area contributed by atoms with E-state index in [1.54, 1.807) is 12.2 Å². The predicted octanol–water partition coefficient (Wildman–Crippen LogP) is 8.21. The van der Waals surface area contributed by atoms with Crippen molar-refractivity contribution in [2.75, 3.05) is 52.4 Å². The van der Waals surface area contributed by atoms with Crippen LogP contribution in [0.5, 0.6) is 0 Å². The third kappa shape index (κ3) is 12.1. The van der Waals surface area contributed by atoms with Crippen molar-refractivity contribution in [2.24, 2.45) is 0 Å². The number of carbonyl (C=O) groups is 2. The number of allylic oxidation sites excluding steroid dienone is 4. The fourth-order valence-corrected chi connectivity index (χ4v) is 6.67. The molecule has 2 aliphatic heterocycles. The Labute approximate surface area is 324 Å². The lowest BCUT2D eigenvalue weighted by molar-refractivity contribution is -0.128. The highest BCUT2D eigenvalue weighted by Crippen LogP contribution is 2.18. The SMILES string of the molecule is Cc1cc(/C=C/C=C/C(=O)N2CCN(Cc3ccc(CN4CCN(C(=O)/C=C/C=C/c5cc(C)c(C)c(C)c5)CC4)cc3)CC2)cc(C)c1C.Cl.Cl. The summed E-state index contributed by atoms with van der Waals surface area (Å²) in [7, 11) is 0. The summed E-state index contributed by atoms with van der Waals surface area (Å²) < 4.78 is 0. The largest absolute Gasteiger partial charge is 0.337 e. The Kier molecular flexibility index (Phi) is 16.6. The van der Waals surface area contributed by atoms with Gasteiger partial charge in [-0.25, -0.2) is 0 Å². The van der Waals surface area contributed by atoms with Crippen molar-refractivity contribution in [1.29, 1.82) is 0 Å². The van der Waals surface area contributed by atoms with Gasteiger partial charge < -0.3 is 9.80 Å². The Hall–Kier alpha value is -3.94. The molecule has 0 bridgehead atoms. The van der Waals surface area contributed by atoms with E-state index in [4.69, 9.17) is 0 Å². The third-order valence-electron chi connectivity index (χ3n) is 10.4. The van der Waals surface area contributed by atoms with Gasteiger partial charge in [-0.05, 0) is 97.2 Å². The monoisotopic (exact) mass is 742 g/mol. The summed E-state index contributed by atoms with van der Waals surface area (Å²) in [5.41, 5.74) is 12.7. The second-order valence-corrected chi connectivity index (χ2v) is 14.0. The fraction of sp³-hybridized carbons (Fsp3) is 0.364. The molecule has 2 amide bonds. The Morgan fingerprint density at radius 2 is 0.808 bits per heavy atom. The Morgan fingerprint density at radius 3 is 1.12 bits per heavy atom. The van der Waals surface area contributed by atoms with Gasteiger partial charge in [0.05, 0.1) is 0 Å². The van der Waals surface area contributed by atoms with E-state index < -0.39 is 0 Å². The summed E-state index contributed by atoms with van der Waals surface area (Å²) in [5, 5.41) is 0. The minimum Gasteiger partial charge on any atom is -0.337 e. The first kappa shape index (κ1) is 42.5. The third-order valence-corrected chi connectivity index (χ3v) is 10.4. The summed E-state index contributed by atoms with van der Waals surface area (Å²) >= 11 is 0. The number of rotatable bonds is 10. The van der Waals surface area contributed by atoms with Gasteiger partial charge in [0.2, 0.25) is 11.8 Å². The van der Waals surface area contributed by atoms with E-state index in [1.807, 2.05) is 34.1 Å². The minimum atomic E-state index is 0. The lowest BCUT2D eigenvalue weighted by Gasteiger charge is -2.34. The van der Waals surface area contributed by atoms with Crippen LogP contribution in [0.25, 0.3) is 12.2 Å². The molecule has 2 saturated heterocycles. The number of amides is 2. The van der Waals surface area contributed by atoms with Crippen LogP contribution in [-0.4, -0.2) is 83.8 Å². The van der Waals surface area contributed by atoms with Crippen molar-refractivity contribution in [2.45, 2.75) is 54.6 Å². The number of halogens is 2. The molecule has 2 aliphatic rings. The average molecular weight is 744 g/mol. The molecule has 8 heteroatoms. The second kappa shape index (κ2) is 20.3. The van der Waals surface area contributed by atoms with E-state index in [-0.39, 0.29) is 36.6 Å². The first-order valence-electron chi connectivity index (χ1n) is 18.0. The van der Waals surface area contributed by atoms with Gasteiger partial charge >= 0.3 is 0 Å². The molecule has 0 unspecified atom stereocenters. The summed E-state index contributed by atoms with van der Waals surface area (Å²) in [4.78, 5) is 34.3. The highest BCUT2D eigenvalue weighted by atomic mass is 35.5. The van der Waals surface area contributed by atoms with Crippen molar-refractivity contribution in [3.63, 3.8) is 0 Å². The van der Waals surface area contributed by atoms with Gasteiger partial charge in [0.1, 0.15) is 0 Å². The van der Waals surface area contributed by atoms with E-state index in [0.29, 0.717) is 0 Å². The molecule has 3 aromatic rings. The van der Waals surface area contributed by atoms with Crippen LogP contribution in [0.1, 0.15) is 55.6 Å². The van der Waals surface area contributed by atoms with Gasteiger partial charge in [0.15, 0.2) is 0 Å². The van der Waals surface area contributed by atoms with E-state index in [9.17, 15) is 9.59 Å². The van der Waals surface area contributed by atoms with Gasteiger partial charge in [-0.3, -0.25) is 19.4 Å². The van der Waals surface area contributed by atoms with E-state index in [2.05, 4.69) is 112 Å². The van der Waals surface area contributed by atoms with Gasteiger partial charge in [0, 0.05) is 77.6 Å². The van der Waals surface area contributed by atoms with Crippen molar-refractivity contribution in [3.05, 3.63) is 141 Å². The number of benzene rings is 3. The molecule has 0 aliphatic carbocycles. The van der Waals surface area contributed by atoms with Gasteiger partial charge in [-0.2, -0.15) is 0 Å². The highest BCUT2D eigenvalue weighted by molar-refractivity contribution is 5.88. The van der Waals surface area contributed by atoms with E-state index in [1.165, 1.54) is 44.5 Å². The van der Waals surface area contributed by atoms with Crippen LogP contribution in [-0.2, 0) is 22.7 Å². The number of hydrogen-bond donors (Lipinski definition) is 0. The van der Waals surface area contributed by atoms with Gasteiger partial charge in [0.25, 0.3) is 0 Å². The molecule has 2 heterocycles. The Bertz CT molecular complexity index is 1600. The Balaban J connectivity index is 0.00000364. The zero-order chi connectivity index (χ0) is 35.6. The van der Waals surface area contributed by atoms with Crippen LogP contribution >= 0.6 is 24.8 Å². The highest BCUT2D eigenvalue weighted by Gasteiger charge is 2.21. The maximum atomic E-state index is 12.8. The molecule has 3 aromatic carbocycles. The average Bonchev–Trinajstić information content (AvgIpc) is 3.11. The van der Waals surface area contributed by atoms with Crippen molar-refractivity contribution in [3.8, 4) is 0 Å². The summed E-state index contributed by atoms with van der Waals surface area (Å²) in [5.74, 6) is 0.153. The molecule has 0 spiro atoms. The van der Waals surface area contributed by atoms with Crippen molar-refractivity contribution >= 4 is 48.8 Å². The molecule has 0 saturated carbocycles. The fourth-order valence-electron chi connectivity index (χ4n) is 6.67. The Morgan fingerprint density at radius 1 is 0.500 bits per heavy atom. The van der Waals surface area contributed by atoms with Crippen molar-refractivity contribution < 1.29 is 9.59 Å². The summed E-state index contributed by atoms with van der Waals surface area (Å²) in [6.45, 7) is 21.1. The maximum Gasteiger partial charge on any atom is 0.246 e. The number of hydrogen-bond acceptors (Lipinski definition) is 4. The van der Waals surface area contributed by atoms with E-state index >= 15 is 0 Å².